The molecule has 0 aliphatic carbocycles. The molecule has 1 aliphatic heterocycles. The van der Waals surface area contributed by atoms with Crippen LogP contribution < -0.4 is 0 Å². The minimum atomic E-state index is -3.75. The normalized spacial score (nSPS) is 24.6. The number of Topliss-reactive ketones (excluding diaryl/α,β-unsaturated/α-hetero) is 1. The molecule has 0 amide bonds. The zero-order valence-corrected chi connectivity index (χ0v) is 11.7. The lowest BCUT2D eigenvalue weighted by Crippen LogP contribution is -2.43. The molecule has 0 aromatic heterocycles. The lowest BCUT2D eigenvalue weighted by atomic mass is 10.1. The van der Waals surface area contributed by atoms with Crippen molar-refractivity contribution < 1.29 is 17.6 Å². The summed E-state index contributed by atoms with van der Waals surface area (Å²) in [5, 5.41) is 0. The molecule has 104 valence electrons. The Morgan fingerprint density at radius 3 is 2.37 bits per heavy atom. The lowest BCUT2D eigenvalue weighted by molar-refractivity contribution is -0.120. The molecular formula is C13H16FNO3S. The van der Waals surface area contributed by atoms with Crippen LogP contribution in [0.2, 0.25) is 0 Å². The van der Waals surface area contributed by atoms with Gasteiger partial charge in [0.05, 0.1) is 10.9 Å². The van der Waals surface area contributed by atoms with Gasteiger partial charge in [-0.25, -0.2) is 12.8 Å². The van der Waals surface area contributed by atoms with Crippen LogP contribution in [0.3, 0.4) is 0 Å². The third-order valence-corrected chi connectivity index (χ3v) is 5.50. The molecule has 6 heteroatoms. The number of carbonyl (C=O) groups is 1. The Morgan fingerprint density at radius 2 is 1.84 bits per heavy atom. The third-order valence-electron chi connectivity index (χ3n) is 3.46. The van der Waals surface area contributed by atoms with E-state index >= 15 is 0 Å². The topological polar surface area (TPSA) is 54.5 Å². The summed E-state index contributed by atoms with van der Waals surface area (Å²) < 4.78 is 39.2. The standard InChI is InChI=1S/C13H16FNO3S/c1-9-3-8-13(10(2)16)15(9)19(17,18)12-6-4-11(14)5-7-12/h4-7,9,13H,3,8H2,1-2H3/t9-,13-/m0/s1. The summed E-state index contributed by atoms with van der Waals surface area (Å²) in [4.78, 5) is 11.6. The highest BCUT2D eigenvalue weighted by Crippen LogP contribution is 2.31. The van der Waals surface area contributed by atoms with Crippen molar-refractivity contribution in [2.24, 2.45) is 0 Å². The van der Waals surface area contributed by atoms with Crippen molar-refractivity contribution >= 4 is 15.8 Å². The van der Waals surface area contributed by atoms with Crippen molar-refractivity contribution in [3.63, 3.8) is 0 Å². The van der Waals surface area contributed by atoms with Gasteiger partial charge in [-0.05, 0) is 51.0 Å². The maximum atomic E-state index is 12.9. The summed E-state index contributed by atoms with van der Waals surface area (Å²) in [6.45, 7) is 3.18. The molecule has 1 fully saturated rings. The van der Waals surface area contributed by atoms with E-state index in [-0.39, 0.29) is 16.7 Å². The number of sulfonamides is 1. The van der Waals surface area contributed by atoms with Crippen molar-refractivity contribution in [2.75, 3.05) is 0 Å². The minimum Gasteiger partial charge on any atom is -0.298 e. The maximum absolute atomic E-state index is 12.9. The van der Waals surface area contributed by atoms with Gasteiger partial charge < -0.3 is 0 Å². The molecule has 1 aliphatic rings. The van der Waals surface area contributed by atoms with E-state index in [0.717, 1.165) is 12.1 Å². The first-order valence-corrected chi connectivity index (χ1v) is 7.57. The van der Waals surface area contributed by atoms with Crippen molar-refractivity contribution in [3.05, 3.63) is 30.1 Å². The summed E-state index contributed by atoms with van der Waals surface area (Å²) in [6, 6.07) is 3.85. The van der Waals surface area contributed by atoms with Gasteiger partial charge in [-0.3, -0.25) is 4.79 Å². The van der Waals surface area contributed by atoms with E-state index in [1.165, 1.54) is 23.4 Å². The summed E-state index contributed by atoms with van der Waals surface area (Å²) in [5.41, 5.74) is 0. The highest BCUT2D eigenvalue weighted by Gasteiger charge is 2.42. The Hall–Kier alpha value is -1.27. The Labute approximate surface area is 112 Å². The molecule has 19 heavy (non-hydrogen) atoms. The first-order valence-electron chi connectivity index (χ1n) is 6.13. The van der Waals surface area contributed by atoms with Gasteiger partial charge >= 0.3 is 0 Å². The SMILES string of the molecule is CC(=O)[C@@H]1CC[C@H](C)N1S(=O)(=O)c1ccc(F)cc1. The lowest BCUT2D eigenvalue weighted by Gasteiger charge is -2.26. The third kappa shape index (κ3) is 2.55. The number of hydrogen-bond acceptors (Lipinski definition) is 3. The molecule has 0 N–H and O–H groups in total. The highest BCUT2D eigenvalue weighted by molar-refractivity contribution is 7.89. The van der Waals surface area contributed by atoms with E-state index in [9.17, 15) is 17.6 Å². The zero-order valence-electron chi connectivity index (χ0n) is 10.8. The smallest absolute Gasteiger partial charge is 0.243 e. The molecule has 1 saturated heterocycles. The van der Waals surface area contributed by atoms with Crippen LogP contribution in [-0.4, -0.2) is 30.6 Å². The van der Waals surface area contributed by atoms with Crippen LogP contribution in [-0.2, 0) is 14.8 Å². The number of carbonyl (C=O) groups excluding carboxylic acids is 1. The summed E-state index contributed by atoms with van der Waals surface area (Å²) in [5.74, 6) is -0.647. The highest BCUT2D eigenvalue weighted by atomic mass is 32.2. The van der Waals surface area contributed by atoms with Crippen LogP contribution in [0.25, 0.3) is 0 Å². The fourth-order valence-corrected chi connectivity index (χ4v) is 4.37. The Kier molecular flexibility index (Phi) is 3.73. The van der Waals surface area contributed by atoms with Crippen molar-refractivity contribution in [1.82, 2.24) is 4.31 Å². The van der Waals surface area contributed by atoms with Gasteiger partial charge in [0.1, 0.15) is 11.6 Å². The molecule has 0 spiro atoms. The number of hydrogen-bond donors (Lipinski definition) is 0. The fraction of sp³-hybridized carbons (Fsp3) is 0.462. The zero-order chi connectivity index (χ0) is 14.2. The Bertz CT molecular complexity index is 582. The predicted molar refractivity (Wildman–Crippen MR) is 68.6 cm³/mol. The van der Waals surface area contributed by atoms with E-state index in [0.29, 0.717) is 12.8 Å². The number of nitrogens with zero attached hydrogens (tertiary/aromatic N) is 1. The molecule has 0 bridgehead atoms. The molecule has 0 unspecified atom stereocenters. The average Bonchev–Trinajstić information content (AvgIpc) is 2.72. The molecule has 4 nitrogen and oxygen atoms in total. The first kappa shape index (κ1) is 14.1. The van der Waals surface area contributed by atoms with E-state index < -0.39 is 21.9 Å². The first-order chi connectivity index (χ1) is 8.84. The maximum Gasteiger partial charge on any atom is 0.243 e. The monoisotopic (exact) mass is 285 g/mol. The molecule has 1 aromatic rings. The van der Waals surface area contributed by atoms with Crippen LogP contribution in [0.5, 0.6) is 0 Å². The van der Waals surface area contributed by atoms with Gasteiger partial charge in [-0.2, -0.15) is 4.31 Å². The van der Waals surface area contributed by atoms with Crippen molar-refractivity contribution in [1.29, 1.82) is 0 Å². The van der Waals surface area contributed by atoms with Crippen LogP contribution >= 0.6 is 0 Å². The van der Waals surface area contributed by atoms with Gasteiger partial charge in [-0.15, -0.1) is 0 Å². The summed E-state index contributed by atoms with van der Waals surface area (Å²) >= 11 is 0. The Balaban J connectivity index is 2.43. The summed E-state index contributed by atoms with van der Waals surface area (Å²) in [7, 11) is -3.75. The van der Waals surface area contributed by atoms with E-state index in [2.05, 4.69) is 0 Å². The van der Waals surface area contributed by atoms with Gasteiger partial charge in [0.15, 0.2) is 0 Å². The van der Waals surface area contributed by atoms with Gasteiger partial charge in [0, 0.05) is 6.04 Å². The molecule has 0 radical (unpaired) electrons. The molecular weight excluding hydrogens is 269 g/mol. The van der Waals surface area contributed by atoms with E-state index in [1.54, 1.807) is 6.92 Å². The van der Waals surface area contributed by atoms with Crippen LogP contribution in [0, 0.1) is 5.82 Å². The fourth-order valence-electron chi connectivity index (χ4n) is 2.48. The molecule has 1 aromatic carbocycles. The van der Waals surface area contributed by atoms with Gasteiger partial charge in [0.2, 0.25) is 10.0 Å². The molecule has 2 rings (SSSR count). The number of ketones is 1. The molecule has 0 saturated carbocycles. The molecule has 2 atom stereocenters. The number of halogens is 1. The quantitative estimate of drug-likeness (QED) is 0.853. The van der Waals surface area contributed by atoms with E-state index in [4.69, 9.17) is 0 Å². The molecule has 1 heterocycles. The van der Waals surface area contributed by atoms with E-state index in [1.807, 2.05) is 0 Å². The average molecular weight is 285 g/mol. The van der Waals surface area contributed by atoms with Crippen molar-refractivity contribution in [2.45, 2.75) is 43.7 Å². The number of rotatable bonds is 3. The second kappa shape index (κ2) is 5.02. The van der Waals surface area contributed by atoms with Gasteiger partial charge in [-0.1, -0.05) is 0 Å². The van der Waals surface area contributed by atoms with Gasteiger partial charge in [0.25, 0.3) is 0 Å². The predicted octanol–water partition coefficient (Wildman–Crippen LogP) is 1.96. The summed E-state index contributed by atoms with van der Waals surface area (Å²) in [6.07, 6.45) is 1.20. The van der Waals surface area contributed by atoms with Crippen LogP contribution in [0.4, 0.5) is 4.39 Å². The number of benzene rings is 1. The largest absolute Gasteiger partial charge is 0.298 e. The Morgan fingerprint density at radius 1 is 1.26 bits per heavy atom. The minimum absolute atomic E-state index is 0.0221. The second-order valence-electron chi connectivity index (χ2n) is 4.84. The van der Waals surface area contributed by atoms with Crippen molar-refractivity contribution in [3.8, 4) is 0 Å². The van der Waals surface area contributed by atoms with Crippen LogP contribution in [0.15, 0.2) is 29.2 Å². The second-order valence-corrected chi connectivity index (χ2v) is 6.68. The van der Waals surface area contributed by atoms with Crippen LogP contribution in [0.1, 0.15) is 26.7 Å².